The van der Waals surface area contributed by atoms with Crippen LogP contribution in [-0.2, 0) is 0 Å². The number of amides is 1. The number of benzene rings is 1. The van der Waals surface area contributed by atoms with E-state index in [1.807, 2.05) is 0 Å². The minimum atomic E-state index is -0.301. The van der Waals surface area contributed by atoms with Gasteiger partial charge in [-0.1, -0.05) is 0 Å². The van der Waals surface area contributed by atoms with E-state index in [1.165, 1.54) is 12.1 Å². The highest BCUT2D eigenvalue weighted by Crippen LogP contribution is 2.09. The van der Waals surface area contributed by atoms with Crippen LogP contribution in [0.1, 0.15) is 35.2 Å². The predicted molar refractivity (Wildman–Crippen MR) is 64.4 cm³/mol. The van der Waals surface area contributed by atoms with E-state index in [0.29, 0.717) is 17.7 Å². The molecule has 1 aromatic rings. The fraction of sp³-hybridized carbons (Fsp3) is 0.462. The zero-order valence-corrected chi connectivity index (χ0v) is 10.0. The van der Waals surface area contributed by atoms with Gasteiger partial charge in [0.2, 0.25) is 0 Å². The number of carbonyl (C=O) groups is 1. The lowest BCUT2D eigenvalue weighted by Crippen LogP contribution is -2.24. The van der Waals surface area contributed by atoms with Gasteiger partial charge in [0.15, 0.2) is 0 Å². The number of nitrogens with one attached hydrogen (secondary N) is 1. The second-order valence-electron chi connectivity index (χ2n) is 4.00. The van der Waals surface area contributed by atoms with E-state index in [0.717, 1.165) is 19.3 Å². The maximum atomic E-state index is 13.0. The summed E-state index contributed by atoms with van der Waals surface area (Å²) in [5, 5.41) is 11.3. The highest BCUT2D eigenvalue weighted by atomic mass is 19.1. The maximum absolute atomic E-state index is 13.0. The van der Waals surface area contributed by atoms with Crippen molar-refractivity contribution in [1.29, 1.82) is 0 Å². The van der Waals surface area contributed by atoms with Gasteiger partial charge in [0.25, 0.3) is 5.91 Å². The van der Waals surface area contributed by atoms with Crippen molar-refractivity contribution in [2.45, 2.75) is 26.2 Å². The van der Waals surface area contributed by atoms with Crippen LogP contribution in [0.3, 0.4) is 0 Å². The first-order chi connectivity index (χ1) is 8.15. The number of hydrogen-bond acceptors (Lipinski definition) is 2. The Labute approximate surface area is 101 Å². The van der Waals surface area contributed by atoms with Gasteiger partial charge in [-0.05, 0) is 49.9 Å². The SMILES string of the molecule is Cc1cc(C(=O)NCCCCCO)ccc1F. The molecule has 0 saturated carbocycles. The van der Waals surface area contributed by atoms with Crippen molar-refractivity contribution in [3.8, 4) is 0 Å². The minimum Gasteiger partial charge on any atom is -0.396 e. The molecule has 0 atom stereocenters. The van der Waals surface area contributed by atoms with Crippen LogP contribution in [0, 0.1) is 12.7 Å². The molecular weight excluding hydrogens is 221 g/mol. The second-order valence-corrected chi connectivity index (χ2v) is 4.00. The van der Waals surface area contributed by atoms with Crippen LogP contribution in [-0.4, -0.2) is 24.2 Å². The molecule has 2 N–H and O–H groups in total. The third-order valence-electron chi connectivity index (χ3n) is 2.54. The first-order valence-corrected chi connectivity index (χ1v) is 5.80. The zero-order valence-electron chi connectivity index (χ0n) is 10.0. The van der Waals surface area contributed by atoms with Crippen LogP contribution in [0.4, 0.5) is 4.39 Å². The van der Waals surface area contributed by atoms with E-state index in [9.17, 15) is 9.18 Å². The molecular formula is C13H18FNO2. The average molecular weight is 239 g/mol. The summed E-state index contributed by atoms with van der Waals surface area (Å²) in [6.07, 6.45) is 2.48. The minimum absolute atomic E-state index is 0.183. The lowest BCUT2D eigenvalue weighted by molar-refractivity contribution is 0.0952. The topological polar surface area (TPSA) is 49.3 Å². The number of aryl methyl sites for hydroxylation is 1. The molecule has 1 amide bonds. The predicted octanol–water partition coefficient (Wildman–Crippen LogP) is 2.03. The number of aliphatic hydroxyl groups is 1. The highest BCUT2D eigenvalue weighted by molar-refractivity contribution is 5.94. The third-order valence-corrected chi connectivity index (χ3v) is 2.54. The Morgan fingerprint density at radius 2 is 2.12 bits per heavy atom. The van der Waals surface area contributed by atoms with E-state index in [2.05, 4.69) is 5.32 Å². The molecule has 0 aliphatic rings. The van der Waals surface area contributed by atoms with Gasteiger partial charge in [0.05, 0.1) is 0 Å². The molecule has 17 heavy (non-hydrogen) atoms. The monoisotopic (exact) mass is 239 g/mol. The number of carbonyl (C=O) groups excluding carboxylic acids is 1. The van der Waals surface area contributed by atoms with Crippen molar-refractivity contribution in [3.63, 3.8) is 0 Å². The highest BCUT2D eigenvalue weighted by Gasteiger charge is 2.06. The van der Waals surface area contributed by atoms with Crippen molar-refractivity contribution >= 4 is 5.91 Å². The molecule has 1 rings (SSSR count). The Hall–Kier alpha value is -1.42. The van der Waals surface area contributed by atoms with E-state index >= 15 is 0 Å². The average Bonchev–Trinajstić information content (AvgIpc) is 2.32. The van der Waals surface area contributed by atoms with E-state index in [1.54, 1.807) is 13.0 Å². The summed E-state index contributed by atoms with van der Waals surface area (Å²) in [7, 11) is 0. The summed E-state index contributed by atoms with van der Waals surface area (Å²) >= 11 is 0. The number of aliphatic hydroxyl groups excluding tert-OH is 1. The molecule has 0 unspecified atom stereocenters. The smallest absolute Gasteiger partial charge is 0.251 e. The van der Waals surface area contributed by atoms with Crippen LogP contribution in [0.25, 0.3) is 0 Å². The van der Waals surface area contributed by atoms with Gasteiger partial charge in [-0.3, -0.25) is 4.79 Å². The standard InChI is InChI=1S/C13H18FNO2/c1-10-9-11(5-6-12(10)14)13(17)15-7-3-2-4-8-16/h5-6,9,16H,2-4,7-8H2,1H3,(H,15,17). The molecule has 0 radical (unpaired) electrons. The summed E-state index contributed by atoms with van der Waals surface area (Å²) in [6, 6.07) is 4.32. The Morgan fingerprint density at radius 3 is 2.76 bits per heavy atom. The summed E-state index contributed by atoms with van der Waals surface area (Å²) in [6.45, 7) is 2.40. The maximum Gasteiger partial charge on any atom is 0.251 e. The molecule has 0 spiro atoms. The van der Waals surface area contributed by atoms with Crippen LogP contribution in [0.15, 0.2) is 18.2 Å². The summed E-state index contributed by atoms with van der Waals surface area (Å²) in [5.74, 6) is -0.485. The second kappa shape index (κ2) is 7.01. The normalized spacial score (nSPS) is 10.3. The van der Waals surface area contributed by atoms with Gasteiger partial charge in [0.1, 0.15) is 5.82 Å². The van der Waals surface area contributed by atoms with Gasteiger partial charge in [-0.25, -0.2) is 4.39 Å². The van der Waals surface area contributed by atoms with Gasteiger partial charge in [0, 0.05) is 18.7 Å². The molecule has 0 aliphatic heterocycles. The molecule has 1 aromatic carbocycles. The van der Waals surface area contributed by atoms with Crippen molar-refractivity contribution in [3.05, 3.63) is 35.1 Å². The fourth-order valence-corrected chi connectivity index (χ4v) is 1.50. The molecule has 94 valence electrons. The summed E-state index contributed by atoms with van der Waals surface area (Å²) < 4.78 is 13.0. The zero-order chi connectivity index (χ0) is 12.7. The lowest BCUT2D eigenvalue weighted by Gasteiger charge is -2.06. The molecule has 0 saturated heterocycles. The van der Waals surface area contributed by atoms with E-state index in [4.69, 9.17) is 5.11 Å². The van der Waals surface area contributed by atoms with Gasteiger partial charge in [-0.15, -0.1) is 0 Å². The van der Waals surface area contributed by atoms with E-state index in [-0.39, 0.29) is 18.3 Å². The third kappa shape index (κ3) is 4.53. The van der Waals surface area contributed by atoms with Crippen molar-refractivity contribution in [2.75, 3.05) is 13.2 Å². The molecule has 4 heteroatoms. The van der Waals surface area contributed by atoms with Crippen molar-refractivity contribution in [1.82, 2.24) is 5.32 Å². The molecule has 3 nitrogen and oxygen atoms in total. The molecule has 0 bridgehead atoms. The first kappa shape index (κ1) is 13.6. The number of rotatable bonds is 6. The Balaban J connectivity index is 2.39. The van der Waals surface area contributed by atoms with Gasteiger partial charge >= 0.3 is 0 Å². The Morgan fingerprint density at radius 1 is 1.35 bits per heavy atom. The summed E-state index contributed by atoms with van der Waals surface area (Å²) in [4.78, 5) is 11.7. The van der Waals surface area contributed by atoms with Crippen LogP contribution in [0.2, 0.25) is 0 Å². The van der Waals surface area contributed by atoms with Crippen molar-refractivity contribution in [2.24, 2.45) is 0 Å². The Kier molecular flexibility index (Phi) is 5.63. The van der Waals surface area contributed by atoms with Crippen LogP contribution in [0.5, 0.6) is 0 Å². The Bertz CT molecular complexity index is 380. The summed E-state index contributed by atoms with van der Waals surface area (Å²) in [5.41, 5.74) is 0.948. The van der Waals surface area contributed by atoms with Gasteiger partial charge in [-0.2, -0.15) is 0 Å². The van der Waals surface area contributed by atoms with Crippen LogP contribution >= 0.6 is 0 Å². The van der Waals surface area contributed by atoms with E-state index < -0.39 is 0 Å². The molecule has 0 aromatic heterocycles. The molecule has 0 heterocycles. The van der Waals surface area contributed by atoms with Crippen molar-refractivity contribution < 1.29 is 14.3 Å². The van der Waals surface area contributed by atoms with Crippen LogP contribution < -0.4 is 5.32 Å². The van der Waals surface area contributed by atoms with Gasteiger partial charge < -0.3 is 10.4 Å². The largest absolute Gasteiger partial charge is 0.396 e. The number of halogens is 1. The first-order valence-electron chi connectivity index (χ1n) is 5.80. The molecule has 0 fully saturated rings. The quantitative estimate of drug-likeness (QED) is 0.746. The number of hydrogen-bond donors (Lipinski definition) is 2. The number of unbranched alkanes of at least 4 members (excludes halogenated alkanes) is 2. The molecule has 0 aliphatic carbocycles. The fourth-order valence-electron chi connectivity index (χ4n) is 1.50. The lowest BCUT2D eigenvalue weighted by atomic mass is 10.1.